The van der Waals surface area contributed by atoms with Gasteiger partial charge in [0.15, 0.2) is 5.13 Å². The summed E-state index contributed by atoms with van der Waals surface area (Å²) in [5.74, 6) is -0.296. The van der Waals surface area contributed by atoms with Gasteiger partial charge >= 0.3 is 0 Å². The predicted octanol–water partition coefficient (Wildman–Crippen LogP) is 2.79. The zero-order valence-electron chi connectivity index (χ0n) is 16.8. The van der Waals surface area contributed by atoms with E-state index in [9.17, 15) is 13.2 Å². The minimum Gasteiger partial charge on any atom is -0.311 e. The van der Waals surface area contributed by atoms with Crippen molar-refractivity contribution >= 4 is 32.4 Å². The van der Waals surface area contributed by atoms with Crippen LogP contribution in [0.25, 0.3) is 0 Å². The number of anilines is 1. The number of fused-ring (bicyclic) bond motifs is 2. The van der Waals surface area contributed by atoms with Crippen LogP contribution in [0.2, 0.25) is 0 Å². The summed E-state index contributed by atoms with van der Waals surface area (Å²) in [6.45, 7) is 2.48. The zero-order valence-corrected chi connectivity index (χ0v) is 18.4. The lowest BCUT2D eigenvalue weighted by Crippen LogP contribution is -2.35. The van der Waals surface area contributed by atoms with Crippen LogP contribution in [0.3, 0.4) is 0 Å². The Morgan fingerprint density at radius 1 is 1.06 bits per heavy atom. The van der Waals surface area contributed by atoms with E-state index in [-0.39, 0.29) is 10.8 Å². The maximum Gasteiger partial charge on any atom is 0.257 e. The summed E-state index contributed by atoms with van der Waals surface area (Å²) >= 11 is 1.47. The molecule has 0 aliphatic carbocycles. The Kier molecular flexibility index (Phi) is 5.35. The number of benzene rings is 2. The molecule has 9 heteroatoms. The molecule has 0 atom stereocenters. The highest BCUT2D eigenvalue weighted by Crippen LogP contribution is 2.27. The number of rotatable bonds is 4. The number of hydrogen-bond acceptors (Lipinski definition) is 6. The van der Waals surface area contributed by atoms with Gasteiger partial charge in [0.05, 0.1) is 10.6 Å². The monoisotopic (exact) mass is 454 g/mol. The van der Waals surface area contributed by atoms with Crippen molar-refractivity contribution in [1.29, 1.82) is 0 Å². The number of hydrogen-bond donors (Lipinski definition) is 2. The molecule has 0 bridgehead atoms. The molecule has 1 amide bonds. The zero-order chi connectivity index (χ0) is 21.4. The maximum atomic E-state index is 13.1. The lowest BCUT2D eigenvalue weighted by atomic mass is 10.0. The van der Waals surface area contributed by atoms with Crippen molar-refractivity contribution in [2.75, 3.05) is 18.4 Å². The fourth-order valence-electron chi connectivity index (χ4n) is 3.95. The van der Waals surface area contributed by atoms with E-state index >= 15 is 0 Å². The summed E-state index contributed by atoms with van der Waals surface area (Å²) in [5.41, 5.74) is 3.66. The molecule has 0 unspecified atom stereocenters. The van der Waals surface area contributed by atoms with Crippen molar-refractivity contribution < 1.29 is 13.2 Å². The number of nitrogens with zero attached hydrogens (tertiary/aromatic N) is 2. The Morgan fingerprint density at radius 2 is 1.84 bits per heavy atom. The van der Waals surface area contributed by atoms with Crippen molar-refractivity contribution in [3.05, 3.63) is 75.8 Å². The van der Waals surface area contributed by atoms with Gasteiger partial charge in [-0.05, 0) is 41.8 Å². The van der Waals surface area contributed by atoms with Crippen LogP contribution in [-0.2, 0) is 36.0 Å². The molecule has 0 saturated heterocycles. The highest BCUT2D eigenvalue weighted by atomic mass is 32.2. The van der Waals surface area contributed by atoms with E-state index in [1.807, 2.05) is 24.3 Å². The van der Waals surface area contributed by atoms with Gasteiger partial charge in [-0.15, -0.1) is 11.3 Å². The molecule has 0 spiro atoms. The Hall–Kier alpha value is -2.59. The summed E-state index contributed by atoms with van der Waals surface area (Å²) in [6.07, 6.45) is 1.55. The first kappa shape index (κ1) is 20.3. The number of aromatic nitrogens is 1. The summed E-state index contributed by atoms with van der Waals surface area (Å²) < 4.78 is 27.7. The topological polar surface area (TPSA) is 91.4 Å². The molecular formula is C22H22N4O3S2. The molecule has 2 aliphatic rings. The number of sulfonamides is 1. The van der Waals surface area contributed by atoms with Gasteiger partial charge < -0.3 is 5.32 Å². The van der Waals surface area contributed by atoms with E-state index in [2.05, 4.69) is 15.6 Å². The largest absolute Gasteiger partial charge is 0.311 e. The van der Waals surface area contributed by atoms with E-state index in [1.165, 1.54) is 33.3 Å². The van der Waals surface area contributed by atoms with E-state index < -0.39 is 10.0 Å². The molecular weight excluding hydrogens is 432 g/mol. The summed E-state index contributed by atoms with van der Waals surface area (Å²) in [5, 5.41) is 6.69. The van der Waals surface area contributed by atoms with Gasteiger partial charge in [-0.25, -0.2) is 13.4 Å². The predicted molar refractivity (Wildman–Crippen MR) is 120 cm³/mol. The normalized spacial score (nSPS) is 16.4. The number of nitrogens with one attached hydrogen (secondary N) is 2. The Labute approximate surface area is 185 Å². The van der Waals surface area contributed by atoms with Crippen molar-refractivity contribution in [2.45, 2.75) is 30.8 Å². The van der Waals surface area contributed by atoms with Gasteiger partial charge in [0.1, 0.15) is 0 Å². The van der Waals surface area contributed by atoms with Crippen LogP contribution in [0.15, 0.2) is 53.4 Å². The van der Waals surface area contributed by atoms with Crippen LogP contribution in [0, 0.1) is 0 Å². The first-order chi connectivity index (χ1) is 15.0. The van der Waals surface area contributed by atoms with Crippen molar-refractivity contribution in [2.24, 2.45) is 0 Å². The van der Waals surface area contributed by atoms with Crippen molar-refractivity contribution in [3.63, 3.8) is 0 Å². The quantitative estimate of drug-likeness (QED) is 0.633. The molecule has 160 valence electrons. The van der Waals surface area contributed by atoms with Gasteiger partial charge in [0.2, 0.25) is 10.0 Å². The Bertz CT molecular complexity index is 1210. The second kappa shape index (κ2) is 8.16. The van der Waals surface area contributed by atoms with E-state index in [0.29, 0.717) is 30.2 Å². The molecule has 0 saturated carbocycles. The third-order valence-corrected chi connectivity index (χ3v) is 8.55. The molecule has 5 rings (SSSR count). The average Bonchev–Trinajstić information content (AvgIpc) is 3.21. The van der Waals surface area contributed by atoms with Crippen LogP contribution >= 0.6 is 11.3 Å². The Balaban J connectivity index is 1.30. The number of carbonyl (C=O) groups excluding carboxylic acids is 1. The molecule has 2 aromatic carbocycles. The molecule has 0 radical (unpaired) electrons. The summed E-state index contributed by atoms with van der Waals surface area (Å²) in [4.78, 5) is 18.4. The summed E-state index contributed by atoms with van der Waals surface area (Å²) in [6, 6.07) is 14.0. The van der Waals surface area contributed by atoms with E-state index in [1.54, 1.807) is 12.1 Å². The average molecular weight is 455 g/mol. The lowest BCUT2D eigenvalue weighted by molar-refractivity contribution is 0.102. The van der Waals surface area contributed by atoms with Gasteiger partial charge in [0, 0.05) is 43.0 Å². The fourth-order valence-corrected chi connectivity index (χ4v) is 6.34. The highest BCUT2D eigenvalue weighted by Gasteiger charge is 2.28. The highest BCUT2D eigenvalue weighted by molar-refractivity contribution is 7.89. The third kappa shape index (κ3) is 4.01. The molecule has 3 heterocycles. The van der Waals surface area contributed by atoms with Crippen LogP contribution in [-0.4, -0.2) is 36.7 Å². The van der Waals surface area contributed by atoms with Gasteiger partial charge in [-0.3, -0.25) is 10.1 Å². The molecule has 2 aliphatic heterocycles. The van der Waals surface area contributed by atoms with Crippen molar-refractivity contribution in [3.8, 4) is 0 Å². The first-order valence-corrected chi connectivity index (χ1v) is 12.4. The second-order valence-electron chi connectivity index (χ2n) is 7.65. The number of thiazole rings is 1. The van der Waals surface area contributed by atoms with Gasteiger partial charge in [-0.1, -0.05) is 24.3 Å². The summed E-state index contributed by atoms with van der Waals surface area (Å²) in [7, 11) is -3.62. The number of amides is 1. The lowest BCUT2D eigenvalue weighted by Gasteiger charge is -2.28. The molecule has 31 heavy (non-hydrogen) atoms. The third-order valence-electron chi connectivity index (χ3n) is 5.67. The molecule has 1 aromatic heterocycles. The first-order valence-electron chi connectivity index (χ1n) is 10.2. The van der Waals surface area contributed by atoms with E-state index in [0.717, 1.165) is 35.6 Å². The van der Waals surface area contributed by atoms with E-state index in [4.69, 9.17) is 0 Å². The number of carbonyl (C=O) groups is 1. The second-order valence-corrected chi connectivity index (χ2v) is 10.7. The fraction of sp³-hybridized carbons (Fsp3) is 0.273. The molecule has 7 nitrogen and oxygen atoms in total. The standard InChI is InChI=1S/C22H22N4O3S2/c27-21(25-22-24-19-9-11-23-13-20(19)30-22)16-5-7-18(8-6-16)31(28,29)26-12-10-15-3-1-2-4-17(15)14-26/h1-8,23H,9-14H2,(H,24,25,27). The molecule has 3 aromatic rings. The van der Waals surface area contributed by atoms with Gasteiger partial charge in [-0.2, -0.15) is 4.31 Å². The molecule has 0 fully saturated rings. The maximum absolute atomic E-state index is 13.1. The van der Waals surface area contributed by atoms with Crippen LogP contribution in [0.1, 0.15) is 32.1 Å². The van der Waals surface area contributed by atoms with Crippen LogP contribution < -0.4 is 10.6 Å². The van der Waals surface area contributed by atoms with Crippen LogP contribution in [0.4, 0.5) is 5.13 Å². The minimum atomic E-state index is -3.62. The minimum absolute atomic E-state index is 0.194. The van der Waals surface area contributed by atoms with Gasteiger partial charge in [0.25, 0.3) is 5.91 Å². The smallest absolute Gasteiger partial charge is 0.257 e. The Morgan fingerprint density at radius 3 is 2.61 bits per heavy atom. The van der Waals surface area contributed by atoms with Crippen LogP contribution in [0.5, 0.6) is 0 Å². The SMILES string of the molecule is O=C(Nc1nc2c(s1)CNCC2)c1ccc(S(=O)(=O)N2CCc3ccccc3C2)cc1. The molecule has 2 N–H and O–H groups in total. The van der Waals surface area contributed by atoms with Crippen molar-refractivity contribution in [1.82, 2.24) is 14.6 Å².